The molecular formula is C23H24N2O3. The van der Waals surface area contributed by atoms with Crippen molar-refractivity contribution in [1.29, 1.82) is 0 Å². The summed E-state index contributed by atoms with van der Waals surface area (Å²) in [5.74, 6) is 0.663. The zero-order chi connectivity index (χ0) is 19.6. The van der Waals surface area contributed by atoms with Crippen molar-refractivity contribution in [3.8, 4) is 5.75 Å². The van der Waals surface area contributed by atoms with E-state index in [2.05, 4.69) is 4.98 Å². The summed E-state index contributed by atoms with van der Waals surface area (Å²) in [4.78, 5) is 19.3. The van der Waals surface area contributed by atoms with Crippen LogP contribution in [-0.2, 0) is 0 Å². The van der Waals surface area contributed by atoms with Crippen molar-refractivity contribution in [2.75, 3.05) is 19.7 Å². The molecule has 0 aliphatic carbocycles. The number of nitrogens with zero attached hydrogens (tertiary/aromatic N) is 2. The third kappa shape index (κ3) is 3.71. The van der Waals surface area contributed by atoms with Gasteiger partial charge in [-0.25, -0.2) is 0 Å². The van der Waals surface area contributed by atoms with Crippen LogP contribution in [0.15, 0.2) is 60.8 Å². The van der Waals surface area contributed by atoms with E-state index in [1.807, 2.05) is 55.5 Å². The average molecular weight is 376 g/mol. The van der Waals surface area contributed by atoms with Crippen molar-refractivity contribution in [3.05, 3.63) is 71.9 Å². The van der Waals surface area contributed by atoms with Crippen molar-refractivity contribution in [2.45, 2.75) is 25.4 Å². The Morgan fingerprint density at radius 3 is 2.86 bits per heavy atom. The quantitative estimate of drug-likeness (QED) is 0.756. The van der Waals surface area contributed by atoms with Gasteiger partial charge in [-0.3, -0.25) is 9.78 Å². The highest BCUT2D eigenvalue weighted by molar-refractivity contribution is 6.05. The van der Waals surface area contributed by atoms with Gasteiger partial charge >= 0.3 is 0 Å². The number of ether oxygens (including phenoxy) is 1. The second-order valence-corrected chi connectivity index (χ2v) is 7.49. The summed E-state index contributed by atoms with van der Waals surface area (Å²) >= 11 is 0. The number of β-amino-alcohol motifs (C(OH)–C–C–N with tert-alkyl or cyclic N) is 1. The molecule has 3 aromatic rings. The molecule has 1 saturated heterocycles. The van der Waals surface area contributed by atoms with E-state index in [1.54, 1.807) is 17.2 Å². The average Bonchev–Trinajstić information content (AvgIpc) is 2.72. The molecule has 0 bridgehead atoms. The zero-order valence-corrected chi connectivity index (χ0v) is 16.0. The number of amides is 1. The van der Waals surface area contributed by atoms with E-state index >= 15 is 0 Å². The van der Waals surface area contributed by atoms with Gasteiger partial charge in [-0.05, 0) is 43.5 Å². The molecule has 4 rings (SSSR count). The Labute approximate surface area is 164 Å². The minimum absolute atomic E-state index is 0.0988. The van der Waals surface area contributed by atoms with Crippen molar-refractivity contribution >= 4 is 16.8 Å². The van der Waals surface area contributed by atoms with Gasteiger partial charge in [-0.15, -0.1) is 0 Å². The number of para-hydroxylation sites is 2. The summed E-state index contributed by atoms with van der Waals surface area (Å²) < 4.78 is 5.88. The molecule has 144 valence electrons. The summed E-state index contributed by atoms with van der Waals surface area (Å²) in [6.45, 7) is 3.01. The fourth-order valence-electron chi connectivity index (χ4n) is 3.78. The number of aromatic nitrogens is 1. The molecule has 2 heterocycles. The molecule has 0 unspecified atom stereocenters. The molecular weight excluding hydrogens is 352 g/mol. The van der Waals surface area contributed by atoms with Crippen LogP contribution in [0.1, 0.15) is 28.8 Å². The maximum Gasteiger partial charge on any atom is 0.256 e. The van der Waals surface area contributed by atoms with Crippen molar-refractivity contribution in [1.82, 2.24) is 9.88 Å². The molecule has 5 heteroatoms. The number of hydrogen-bond acceptors (Lipinski definition) is 4. The van der Waals surface area contributed by atoms with Crippen LogP contribution >= 0.6 is 0 Å². The van der Waals surface area contributed by atoms with Gasteiger partial charge in [-0.2, -0.15) is 0 Å². The molecule has 1 fully saturated rings. The first-order chi connectivity index (χ1) is 13.6. The third-order valence-electron chi connectivity index (χ3n) is 5.30. The predicted octanol–water partition coefficient (Wildman–Crippen LogP) is 3.59. The van der Waals surface area contributed by atoms with E-state index < -0.39 is 5.60 Å². The minimum atomic E-state index is -1.06. The Bertz CT molecular complexity index is 999. The second-order valence-electron chi connectivity index (χ2n) is 7.49. The molecule has 1 aliphatic heterocycles. The smallest absolute Gasteiger partial charge is 0.256 e. The standard InChI is InChI=1S/C23H24N2O3/c1-17-7-2-3-11-20(17)28-16-23(27)12-6-14-25(15-23)22(26)19-10-4-8-18-9-5-13-24-21(18)19/h2-5,7-11,13,27H,6,12,14-16H2,1H3/t23-/m1/s1. The second kappa shape index (κ2) is 7.60. The first kappa shape index (κ1) is 18.4. The molecule has 1 atom stereocenters. The first-order valence-corrected chi connectivity index (χ1v) is 9.60. The van der Waals surface area contributed by atoms with Crippen molar-refractivity contribution in [2.24, 2.45) is 0 Å². The number of likely N-dealkylation sites (tertiary alicyclic amines) is 1. The van der Waals surface area contributed by atoms with Crippen LogP contribution in [0, 0.1) is 6.92 Å². The largest absolute Gasteiger partial charge is 0.490 e. The number of aryl methyl sites for hydroxylation is 1. The fourth-order valence-corrected chi connectivity index (χ4v) is 3.78. The summed E-state index contributed by atoms with van der Waals surface area (Å²) in [6.07, 6.45) is 3.04. The monoisotopic (exact) mass is 376 g/mol. The maximum absolute atomic E-state index is 13.2. The van der Waals surface area contributed by atoms with Gasteiger partial charge in [0.15, 0.2) is 0 Å². The number of benzene rings is 2. The van der Waals surface area contributed by atoms with E-state index in [0.717, 1.165) is 23.1 Å². The predicted molar refractivity (Wildman–Crippen MR) is 109 cm³/mol. The van der Waals surface area contributed by atoms with Gasteiger partial charge in [0, 0.05) is 18.1 Å². The summed E-state index contributed by atoms with van der Waals surface area (Å²) in [7, 11) is 0. The topological polar surface area (TPSA) is 62.7 Å². The van der Waals surface area contributed by atoms with E-state index in [-0.39, 0.29) is 19.1 Å². The lowest BCUT2D eigenvalue weighted by Gasteiger charge is -2.39. The molecule has 1 N–H and O–H groups in total. The molecule has 5 nitrogen and oxygen atoms in total. The van der Waals surface area contributed by atoms with Gasteiger partial charge in [0.2, 0.25) is 0 Å². The van der Waals surface area contributed by atoms with Crippen LogP contribution in [0.3, 0.4) is 0 Å². The van der Waals surface area contributed by atoms with Gasteiger partial charge in [0.25, 0.3) is 5.91 Å². The van der Waals surface area contributed by atoms with E-state index in [9.17, 15) is 9.90 Å². The lowest BCUT2D eigenvalue weighted by Crippen LogP contribution is -2.53. The van der Waals surface area contributed by atoms with Crippen LogP contribution in [0.4, 0.5) is 0 Å². The Morgan fingerprint density at radius 1 is 1.18 bits per heavy atom. The highest BCUT2D eigenvalue weighted by atomic mass is 16.5. The SMILES string of the molecule is Cc1ccccc1OC[C@@]1(O)CCCN(C(=O)c2cccc3cccnc23)C1. The van der Waals surface area contributed by atoms with Crippen molar-refractivity contribution in [3.63, 3.8) is 0 Å². The number of fused-ring (bicyclic) bond motifs is 1. The van der Waals surface area contributed by atoms with Crippen LogP contribution in [0.25, 0.3) is 10.9 Å². The maximum atomic E-state index is 13.2. The van der Waals surface area contributed by atoms with E-state index in [4.69, 9.17) is 4.74 Å². The number of pyridine rings is 1. The van der Waals surface area contributed by atoms with Gasteiger partial charge in [0.05, 0.1) is 17.6 Å². The molecule has 1 aliphatic rings. The minimum Gasteiger partial charge on any atom is -0.490 e. The van der Waals surface area contributed by atoms with Crippen molar-refractivity contribution < 1.29 is 14.6 Å². The molecule has 28 heavy (non-hydrogen) atoms. The number of carbonyl (C=O) groups is 1. The molecule has 1 amide bonds. The number of carbonyl (C=O) groups excluding carboxylic acids is 1. The Hall–Kier alpha value is -2.92. The normalized spacial score (nSPS) is 19.6. The highest BCUT2D eigenvalue weighted by Crippen LogP contribution is 2.26. The molecule has 0 saturated carbocycles. The highest BCUT2D eigenvalue weighted by Gasteiger charge is 2.36. The van der Waals surface area contributed by atoms with Gasteiger partial charge in [-0.1, -0.05) is 36.4 Å². The third-order valence-corrected chi connectivity index (χ3v) is 5.30. The first-order valence-electron chi connectivity index (χ1n) is 9.60. The number of piperidine rings is 1. The summed E-state index contributed by atoms with van der Waals surface area (Å²) in [5.41, 5.74) is 1.23. The Balaban J connectivity index is 1.51. The molecule has 0 radical (unpaired) electrons. The van der Waals surface area contributed by atoms with E-state index in [0.29, 0.717) is 24.0 Å². The van der Waals surface area contributed by atoms with Crippen LogP contribution < -0.4 is 4.74 Å². The number of aliphatic hydroxyl groups is 1. The number of rotatable bonds is 4. The Morgan fingerprint density at radius 2 is 2.00 bits per heavy atom. The zero-order valence-electron chi connectivity index (χ0n) is 16.0. The van der Waals surface area contributed by atoms with Crippen LogP contribution in [-0.4, -0.2) is 46.2 Å². The lowest BCUT2D eigenvalue weighted by molar-refractivity contribution is -0.0532. The Kier molecular flexibility index (Phi) is 5.01. The molecule has 2 aromatic carbocycles. The summed E-state index contributed by atoms with van der Waals surface area (Å²) in [5, 5.41) is 12.0. The van der Waals surface area contributed by atoms with E-state index in [1.165, 1.54) is 0 Å². The number of hydrogen-bond donors (Lipinski definition) is 1. The fraction of sp³-hybridized carbons (Fsp3) is 0.304. The van der Waals surface area contributed by atoms with Crippen LogP contribution in [0.5, 0.6) is 5.75 Å². The van der Waals surface area contributed by atoms with Gasteiger partial charge in [0.1, 0.15) is 18.0 Å². The van der Waals surface area contributed by atoms with Gasteiger partial charge < -0.3 is 14.7 Å². The summed E-state index contributed by atoms with van der Waals surface area (Å²) in [6, 6.07) is 17.2. The molecule has 1 aromatic heterocycles. The van der Waals surface area contributed by atoms with Crippen LogP contribution in [0.2, 0.25) is 0 Å². The molecule has 0 spiro atoms. The lowest BCUT2D eigenvalue weighted by atomic mass is 9.93.